The summed E-state index contributed by atoms with van der Waals surface area (Å²) in [6, 6.07) is 7.60. The van der Waals surface area contributed by atoms with Crippen LogP contribution < -0.4 is 5.32 Å². The Hall–Kier alpha value is -3.42. The smallest absolute Gasteiger partial charge is 0.164 e. The van der Waals surface area contributed by atoms with Crippen LogP contribution in [0.4, 0.5) is 23.4 Å². The summed E-state index contributed by atoms with van der Waals surface area (Å²) in [6.45, 7) is 2.26. The maximum atomic E-state index is 14.3. The number of halogens is 4. The van der Waals surface area contributed by atoms with E-state index in [4.69, 9.17) is 4.98 Å². The lowest BCUT2D eigenvalue weighted by Gasteiger charge is -2.47. The van der Waals surface area contributed by atoms with Crippen LogP contribution in [0.2, 0.25) is 0 Å². The quantitative estimate of drug-likeness (QED) is 0.307. The Morgan fingerprint density at radius 2 is 1.63 bits per heavy atom. The third kappa shape index (κ3) is 3.85. The highest BCUT2D eigenvalue weighted by atomic mass is 19.2. The van der Waals surface area contributed by atoms with E-state index < -0.39 is 23.3 Å². The van der Waals surface area contributed by atoms with E-state index in [-0.39, 0.29) is 17.4 Å². The van der Waals surface area contributed by atoms with Crippen LogP contribution in [0.3, 0.4) is 0 Å². The predicted octanol–water partition coefficient (Wildman–Crippen LogP) is 7.08. The fraction of sp³-hybridized carbons (Fsp3) is 0.333. The molecule has 2 atom stereocenters. The van der Waals surface area contributed by atoms with E-state index in [1.165, 1.54) is 44.0 Å². The summed E-state index contributed by atoms with van der Waals surface area (Å²) in [4.78, 5) is 12.1. The molecule has 35 heavy (non-hydrogen) atoms. The molecular formula is C27H24F4N4. The summed E-state index contributed by atoms with van der Waals surface area (Å²) in [5.74, 6) is -0.886. The van der Waals surface area contributed by atoms with Gasteiger partial charge >= 0.3 is 0 Å². The number of rotatable bonds is 4. The molecule has 7 rings (SSSR count). The zero-order valence-corrected chi connectivity index (χ0v) is 19.1. The molecule has 0 radical (unpaired) electrons. The first-order valence-electron chi connectivity index (χ1n) is 11.9. The maximum Gasteiger partial charge on any atom is 0.164 e. The number of hydrogen-bond donors (Lipinski definition) is 2. The lowest BCUT2D eigenvalue weighted by molar-refractivity contribution is 0.0928. The Morgan fingerprint density at radius 3 is 2.37 bits per heavy atom. The molecule has 2 bridgehead atoms. The molecule has 2 aromatic carbocycles. The molecule has 0 aliphatic heterocycles. The highest BCUT2D eigenvalue weighted by Crippen LogP contribution is 2.46. The number of anilines is 1. The van der Waals surface area contributed by atoms with Crippen LogP contribution in [-0.4, -0.2) is 21.0 Å². The molecular weight excluding hydrogens is 456 g/mol. The number of fused-ring (bicyclic) bond motifs is 4. The molecule has 4 aromatic rings. The fourth-order valence-corrected chi connectivity index (χ4v) is 5.96. The second-order valence-electron chi connectivity index (χ2n) is 9.81. The zero-order valence-electron chi connectivity index (χ0n) is 19.1. The number of hydrogen-bond acceptors (Lipinski definition) is 3. The minimum atomic E-state index is -0.980. The number of aromatic amines is 1. The van der Waals surface area contributed by atoms with Gasteiger partial charge in [-0.05, 0) is 67.7 Å². The van der Waals surface area contributed by atoms with Crippen molar-refractivity contribution in [2.45, 2.75) is 38.6 Å². The Kier molecular flexibility index (Phi) is 5.27. The lowest BCUT2D eigenvalue weighted by atomic mass is 9.62. The van der Waals surface area contributed by atoms with Gasteiger partial charge in [0.2, 0.25) is 0 Å². The maximum absolute atomic E-state index is 14.3. The van der Waals surface area contributed by atoms with Crippen molar-refractivity contribution in [1.82, 2.24) is 15.0 Å². The number of aromatic nitrogens is 3. The Morgan fingerprint density at radius 1 is 0.857 bits per heavy atom. The topological polar surface area (TPSA) is 53.6 Å². The van der Waals surface area contributed by atoms with Gasteiger partial charge in [-0.3, -0.25) is 0 Å². The van der Waals surface area contributed by atoms with Gasteiger partial charge in [0.1, 0.15) is 17.5 Å². The second kappa shape index (κ2) is 8.36. The fourth-order valence-electron chi connectivity index (χ4n) is 5.96. The molecule has 2 unspecified atom stereocenters. The van der Waals surface area contributed by atoms with Gasteiger partial charge in [-0.1, -0.05) is 6.92 Å². The summed E-state index contributed by atoms with van der Waals surface area (Å²) in [5, 5.41) is 3.90. The summed E-state index contributed by atoms with van der Waals surface area (Å²) in [6.07, 6.45) is 6.35. The van der Waals surface area contributed by atoms with E-state index in [0.717, 1.165) is 18.2 Å². The third-order valence-electron chi connectivity index (χ3n) is 7.84. The van der Waals surface area contributed by atoms with Gasteiger partial charge in [-0.2, -0.15) is 0 Å². The molecule has 2 aromatic heterocycles. The molecule has 0 saturated heterocycles. The average molecular weight is 481 g/mol. The highest BCUT2D eigenvalue weighted by Gasteiger charge is 2.41. The molecule has 3 aliphatic rings. The molecule has 2 heterocycles. The first-order chi connectivity index (χ1) is 16.9. The standard InChI is InChI=1S/C27H24F4N4/c1-13-14-2-4-15(5-3-14)25(13)34-24-11-23(16-6-7-20(29)21(30)8-16)33-27(35-24)19-12-32-26-18(19)9-17(28)10-22(26)31/h6-15,25,32H,2-5H2,1H3,(H,33,34,35). The van der Waals surface area contributed by atoms with Gasteiger partial charge in [0, 0.05) is 40.9 Å². The van der Waals surface area contributed by atoms with Crippen molar-refractivity contribution < 1.29 is 17.6 Å². The Balaban J connectivity index is 1.48. The van der Waals surface area contributed by atoms with Crippen molar-refractivity contribution >= 4 is 16.7 Å². The zero-order chi connectivity index (χ0) is 24.3. The van der Waals surface area contributed by atoms with E-state index >= 15 is 0 Å². The van der Waals surface area contributed by atoms with Gasteiger partial charge in [-0.25, -0.2) is 27.5 Å². The van der Waals surface area contributed by atoms with E-state index in [0.29, 0.717) is 45.8 Å². The van der Waals surface area contributed by atoms with E-state index in [1.807, 2.05) is 0 Å². The second-order valence-corrected chi connectivity index (χ2v) is 9.81. The van der Waals surface area contributed by atoms with Crippen molar-refractivity contribution in [1.29, 1.82) is 0 Å². The van der Waals surface area contributed by atoms with Crippen LogP contribution in [0.25, 0.3) is 33.5 Å². The minimum Gasteiger partial charge on any atom is -0.367 e. The molecule has 3 saturated carbocycles. The molecule has 0 spiro atoms. The molecule has 0 amide bonds. The number of H-pyrrole nitrogens is 1. The number of nitrogens with zero attached hydrogens (tertiary/aromatic N) is 2. The van der Waals surface area contributed by atoms with E-state index in [1.54, 1.807) is 6.07 Å². The van der Waals surface area contributed by atoms with Gasteiger partial charge < -0.3 is 10.3 Å². The van der Waals surface area contributed by atoms with Crippen LogP contribution in [0.1, 0.15) is 32.6 Å². The van der Waals surface area contributed by atoms with Gasteiger partial charge in [0.05, 0.1) is 11.2 Å². The molecule has 4 nitrogen and oxygen atoms in total. The molecule has 180 valence electrons. The normalized spacial score (nSPS) is 23.7. The van der Waals surface area contributed by atoms with Gasteiger partial charge in [0.25, 0.3) is 0 Å². The van der Waals surface area contributed by atoms with Crippen LogP contribution in [0.15, 0.2) is 42.6 Å². The minimum absolute atomic E-state index is 0.149. The Bertz CT molecular complexity index is 1420. The van der Waals surface area contributed by atoms with Crippen LogP contribution in [-0.2, 0) is 0 Å². The first-order valence-corrected chi connectivity index (χ1v) is 11.9. The molecule has 3 aliphatic carbocycles. The van der Waals surface area contributed by atoms with E-state index in [9.17, 15) is 17.6 Å². The summed E-state index contributed by atoms with van der Waals surface area (Å²) >= 11 is 0. The molecule has 8 heteroatoms. The highest BCUT2D eigenvalue weighted by molar-refractivity contribution is 5.94. The monoisotopic (exact) mass is 480 g/mol. The summed E-state index contributed by atoms with van der Waals surface area (Å²) in [5.41, 5.74) is 1.34. The number of benzene rings is 2. The average Bonchev–Trinajstić information content (AvgIpc) is 3.27. The summed E-state index contributed by atoms with van der Waals surface area (Å²) in [7, 11) is 0. The SMILES string of the molecule is CC1C2CCC(CC2)C1Nc1cc(-c2ccc(F)c(F)c2)nc(-c2c[nH]c3c(F)cc(F)cc23)n1. The van der Waals surface area contributed by atoms with Crippen molar-refractivity contribution in [2.24, 2.45) is 17.8 Å². The molecule has 2 N–H and O–H groups in total. The van der Waals surface area contributed by atoms with Crippen LogP contribution in [0.5, 0.6) is 0 Å². The largest absolute Gasteiger partial charge is 0.367 e. The van der Waals surface area contributed by atoms with E-state index in [2.05, 4.69) is 22.2 Å². The van der Waals surface area contributed by atoms with Crippen molar-refractivity contribution in [3.63, 3.8) is 0 Å². The number of nitrogens with one attached hydrogen (secondary N) is 2. The van der Waals surface area contributed by atoms with Crippen molar-refractivity contribution in [3.8, 4) is 22.6 Å². The van der Waals surface area contributed by atoms with Crippen molar-refractivity contribution in [2.75, 3.05) is 5.32 Å². The lowest BCUT2D eigenvalue weighted by Crippen LogP contribution is -2.47. The first kappa shape index (κ1) is 22.1. The third-order valence-corrected chi connectivity index (χ3v) is 7.84. The predicted molar refractivity (Wildman–Crippen MR) is 127 cm³/mol. The van der Waals surface area contributed by atoms with Crippen molar-refractivity contribution in [3.05, 3.63) is 65.9 Å². The van der Waals surface area contributed by atoms with Gasteiger partial charge in [-0.15, -0.1) is 0 Å². The Labute approximate surface area is 199 Å². The summed E-state index contributed by atoms with van der Waals surface area (Å²) < 4.78 is 56.0. The van der Waals surface area contributed by atoms with Gasteiger partial charge in [0.15, 0.2) is 17.5 Å². The molecule has 3 fully saturated rings. The van der Waals surface area contributed by atoms with Crippen LogP contribution >= 0.6 is 0 Å². The van der Waals surface area contributed by atoms with Crippen LogP contribution in [0, 0.1) is 41.0 Å².